The summed E-state index contributed by atoms with van der Waals surface area (Å²) in [5.41, 5.74) is 8.64. The lowest BCUT2D eigenvalue weighted by atomic mass is 10.1. The zero-order valence-electron chi connectivity index (χ0n) is 7.36. The van der Waals surface area contributed by atoms with E-state index in [4.69, 9.17) is 5.73 Å². The number of benzene rings is 1. The summed E-state index contributed by atoms with van der Waals surface area (Å²) in [4.78, 5) is 4.07. The minimum atomic E-state index is -0.358. The molecule has 5 heteroatoms. The van der Waals surface area contributed by atoms with Crippen molar-refractivity contribution >= 4 is 22.8 Å². The van der Waals surface area contributed by atoms with E-state index in [-0.39, 0.29) is 6.29 Å². The van der Waals surface area contributed by atoms with E-state index in [1.54, 1.807) is 6.21 Å². The number of rotatable bonds is 0. The van der Waals surface area contributed by atoms with Gasteiger partial charge in [-0.25, -0.2) is 0 Å². The number of hydrogen-bond donors (Lipinski definition) is 3. The van der Waals surface area contributed by atoms with Gasteiger partial charge in [0.15, 0.2) is 6.29 Å². The summed E-state index contributed by atoms with van der Waals surface area (Å²) in [6.45, 7) is 0. The quantitative estimate of drug-likeness (QED) is 0.566. The minimum Gasteiger partial charge on any atom is -0.351 e. The molecule has 1 aliphatic heterocycles. The van der Waals surface area contributed by atoms with Crippen molar-refractivity contribution in [2.45, 2.75) is 6.29 Å². The van der Waals surface area contributed by atoms with Gasteiger partial charge in [0.1, 0.15) is 0 Å². The zero-order chi connectivity index (χ0) is 9.54. The fraction of sp³-hybridized carbons (Fsp3) is 0.111. The maximum atomic E-state index is 5.67. The highest BCUT2D eigenvalue weighted by atomic mass is 15.2. The van der Waals surface area contributed by atoms with Gasteiger partial charge in [0.2, 0.25) is 0 Å². The van der Waals surface area contributed by atoms with Crippen molar-refractivity contribution in [1.82, 2.24) is 10.2 Å². The van der Waals surface area contributed by atoms with Crippen molar-refractivity contribution in [2.24, 2.45) is 10.7 Å². The largest absolute Gasteiger partial charge is 0.351 e. The van der Waals surface area contributed by atoms with Crippen LogP contribution in [-0.4, -0.2) is 22.7 Å². The molecular formula is C9H9N5. The topological polar surface area (TPSA) is 79.1 Å². The SMILES string of the molecule is NC1N=Cc2ccc3n[nH]cc3c2N1. The molecule has 0 saturated heterocycles. The monoisotopic (exact) mass is 187 g/mol. The predicted octanol–water partition coefficient (Wildman–Crippen LogP) is 0.650. The van der Waals surface area contributed by atoms with Gasteiger partial charge in [0, 0.05) is 23.4 Å². The van der Waals surface area contributed by atoms with Crippen LogP contribution in [0.2, 0.25) is 0 Å². The Kier molecular flexibility index (Phi) is 1.37. The van der Waals surface area contributed by atoms with Crippen LogP contribution in [-0.2, 0) is 0 Å². The second kappa shape index (κ2) is 2.55. The van der Waals surface area contributed by atoms with E-state index in [9.17, 15) is 0 Å². The first-order valence-corrected chi connectivity index (χ1v) is 4.36. The summed E-state index contributed by atoms with van der Waals surface area (Å²) in [6.07, 6.45) is 3.28. The smallest absolute Gasteiger partial charge is 0.171 e. The van der Waals surface area contributed by atoms with E-state index in [1.165, 1.54) is 0 Å². The third-order valence-corrected chi connectivity index (χ3v) is 2.32. The summed E-state index contributed by atoms with van der Waals surface area (Å²) >= 11 is 0. The number of fused-ring (bicyclic) bond motifs is 3. The molecule has 0 radical (unpaired) electrons. The highest BCUT2D eigenvalue weighted by molar-refractivity contribution is 6.02. The number of nitrogens with one attached hydrogen (secondary N) is 2. The van der Waals surface area contributed by atoms with Gasteiger partial charge in [-0.1, -0.05) is 0 Å². The number of hydrogen-bond acceptors (Lipinski definition) is 4. The van der Waals surface area contributed by atoms with Crippen LogP contribution in [0.15, 0.2) is 23.3 Å². The molecule has 0 saturated carbocycles. The molecule has 1 aliphatic rings. The lowest BCUT2D eigenvalue weighted by Gasteiger charge is -2.18. The van der Waals surface area contributed by atoms with Gasteiger partial charge in [-0.05, 0) is 12.1 Å². The first-order chi connectivity index (χ1) is 6.84. The van der Waals surface area contributed by atoms with Gasteiger partial charge in [-0.2, -0.15) is 5.10 Å². The molecule has 0 amide bonds. The number of anilines is 1. The molecular weight excluding hydrogens is 178 g/mol. The van der Waals surface area contributed by atoms with Gasteiger partial charge in [0.25, 0.3) is 0 Å². The van der Waals surface area contributed by atoms with Crippen molar-refractivity contribution in [1.29, 1.82) is 0 Å². The Balaban J connectivity index is 2.34. The van der Waals surface area contributed by atoms with Crippen molar-refractivity contribution < 1.29 is 0 Å². The maximum absolute atomic E-state index is 5.67. The summed E-state index contributed by atoms with van der Waals surface area (Å²) in [5.74, 6) is 0. The number of aliphatic imine (C=N–C) groups is 1. The second-order valence-electron chi connectivity index (χ2n) is 3.22. The van der Waals surface area contributed by atoms with E-state index < -0.39 is 0 Å². The van der Waals surface area contributed by atoms with Crippen LogP contribution < -0.4 is 11.1 Å². The first-order valence-electron chi connectivity index (χ1n) is 4.36. The molecule has 3 rings (SSSR count). The van der Waals surface area contributed by atoms with E-state index in [1.807, 2.05) is 18.3 Å². The van der Waals surface area contributed by atoms with Gasteiger partial charge < -0.3 is 5.32 Å². The molecule has 70 valence electrons. The zero-order valence-corrected chi connectivity index (χ0v) is 7.36. The van der Waals surface area contributed by atoms with Crippen LogP contribution in [0.25, 0.3) is 10.9 Å². The van der Waals surface area contributed by atoms with E-state index in [0.29, 0.717) is 0 Å². The van der Waals surface area contributed by atoms with Crippen LogP contribution in [0, 0.1) is 0 Å². The summed E-state index contributed by atoms with van der Waals surface area (Å²) in [7, 11) is 0. The summed E-state index contributed by atoms with van der Waals surface area (Å²) in [6, 6.07) is 3.93. The van der Waals surface area contributed by atoms with Crippen LogP contribution in [0.3, 0.4) is 0 Å². The number of H-pyrrole nitrogens is 1. The standard InChI is InChI=1S/C9H9N5/c10-9-11-3-5-1-2-7-6(4-12-14-7)8(5)13-9/h1-4,9,13H,10H2,(H,12,14). The van der Waals surface area contributed by atoms with Gasteiger partial charge in [-0.15, -0.1) is 0 Å². The molecule has 1 atom stereocenters. The van der Waals surface area contributed by atoms with Gasteiger partial charge >= 0.3 is 0 Å². The lowest BCUT2D eigenvalue weighted by Crippen LogP contribution is -2.30. The molecule has 4 N–H and O–H groups in total. The van der Waals surface area contributed by atoms with Gasteiger partial charge in [0.05, 0.1) is 11.2 Å². The first kappa shape index (κ1) is 7.52. The van der Waals surface area contributed by atoms with E-state index in [0.717, 1.165) is 22.2 Å². The van der Waals surface area contributed by atoms with Gasteiger partial charge in [-0.3, -0.25) is 15.8 Å². The molecule has 1 aromatic carbocycles. The molecule has 0 bridgehead atoms. The van der Waals surface area contributed by atoms with Crippen molar-refractivity contribution in [3.63, 3.8) is 0 Å². The van der Waals surface area contributed by atoms with E-state index in [2.05, 4.69) is 20.5 Å². The Morgan fingerprint density at radius 2 is 2.29 bits per heavy atom. The second-order valence-corrected chi connectivity index (χ2v) is 3.22. The minimum absolute atomic E-state index is 0.358. The molecule has 0 spiro atoms. The number of aromatic amines is 1. The Labute approximate surface area is 80.0 Å². The van der Waals surface area contributed by atoms with Crippen molar-refractivity contribution in [3.05, 3.63) is 23.9 Å². The number of aromatic nitrogens is 2. The molecule has 5 nitrogen and oxygen atoms in total. The molecule has 14 heavy (non-hydrogen) atoms. The predicted molar refractivity (Wildman–Crippen MR) is 55.3 cm³/mol. The van der Waals surface area contributed by atoms with Crippen LogP contribution in [0.4, 0.5) is 5.69 Å². The highest BCUT2D eigenvalue weighted by Crippen LogP contribution is 2.27. The fourth-order valence-electron chi connectivity index (χ4n) is 1.65. The average molecular weight is 187 g/mol. The molecule has 0 aliphatic carbocycles. The number of nitrogens with two attached hydrogens (primary N) is 1. The van der Waals surface area contributed by atoms with E-state index >= 15 is 0 Å². The molecule has 1 aromatic heterocycles. The summed E-state index contributed by atoms with van der Waals surface area (Å²) < 4.78 is 0. The highest BCUT2D eigenvalue weighted by Gasteiger charge is 2.13. The molecule has 2 aromatic rings. The maximum Gasteiger partial charge on any atom is 0.171 e. The molecule has 2 heterocycles. The molecule has 1 unspecified atom stereocenters. The summed E-state index contributed by atoms with van der Waals surface area (Å²) in [5, 5.41) is 11.1. The lowest BCUT2D eigenvalue weighted by molar-refractivity contribution is 0.808. The Morgan fingerprint density at radius 3 is 3.21 bits per heavy atom. The third-order valence-electron chi connectivity index (χ3n) is 2.32. The van der Waals surface area contributed by atoms with Crippen LogP contribution in [0.5, 0.6) is 0 Å². The third kappa shape index (κ3) is 0.928. The molecule has 0 fully saturated rings. The number of nitrogens with zero attached hydrogens (tertiary/aromatic N) is 2. The van der Waals surface area contributed by atoms with Crippen molar-refractivity contribution in [3.8, 4) is 0 Å². The van der Waals surface area contributed by atoms with Crippen LogP contribution in [0.1, 0.15) is 5.56 Å². The Morgan fingerprint density at radius 1 is 1.36 bits per heavy atom. The van der Waals surface area contributed by atoms with Crippen molar-refractivity contribution in [2.75, 3.05) is 5.32 Å². The Hall–Kier alpha value is -1.88. The fourth-order valence-corrected chi connectivity index (χ4v) is 1.65. The average Bonchev–Trinajstić information content (AvgIpc) is 2.65. The van der Waals surface area contributed by atoms with Crippen LogP contribution >= 0.6 is 0 Å². The Bertz CT molecular complexity index is 513. The normalized spacial score (nSPS) is 19.4.